The molecule has 0 fully saturated rings. The second-order valence-corrected chi connectivity index (χ2v) is 5.04. The smallest absolute Gasteiger partial charge is 0.0406 e. The van der Waals surface area contributed by atoms with Gasteiger partial charge in [0.05, 0.1) is 0 Å². The highest BCUT2D eigenvalue weighted by Crippen LogP contribution is 2.02. The fourth-order valence-electron chi connectivity index (χ4n) is 1.73. The van der Waals surface area contributed by atoms with Crippen molar-refractivity contribution < 1.29 is 0 Å². The van der Waals surface area contributed by atoms with Gasteiger partial charge in [0.1, 0.15) is 0 Å². The maximum absolute atomic E-state index is 4.29. The van der Waals surface area contributed by atoms with E-state index in [0.29, 0.717) is 5.92 Å². The first-order valence-corrected chi connectivity index (χ1v) is 7.94. The van der Waals surface area contributed by atoms with Crippen molar-refractivity contribution in [3.8, 4) is 0 Å². The molecule has 0 aliphatic rings. The van der Waals surface area contributed by atoms with Gasteiger partial charge in [0.2, 0.25) is 0 Å². The number of aryl methyl sites for hydroxylation is 2. The number of aromatic nitrogens is 2. The highest BCUT2D eigenvalue weighted by Gasteiger charge is 1.95. The van der Waals surface area contributed by atoms with Gasteiger partial charge in [0.15, 0.2) is 0 Å². The first-order chi connectivity index (χ1) is 10.1. The quantitative estimate of drug-likeness (QED) is 0.769. The molecule has 2 heterocycles. The zero-order chi connectivity index (χ0) is 16.1. The van der Waals surface area contributed by atoms with Crippen LogP contribution in [0.5, 0.6) is 0 Å². The molecule has 0 N–H and O–H groups in total. The average molecular weight is 286 g/mol. The summed E-state index contributed by atoms with van der Waals surface area (Å²) in [5.74, 6) is 0.704. The lowest BCUT2D eigenvalue weighted by Gasteiger charge is -2.01. The van der Waals surface area contributed by atoms with Gasteiger partial charge in [0.25, 0.3) is 0 Å². The summed E-state index contributed by atoms with van der Waals surface area (Å²) in [6.07, 6.45) is 3.96. The van der Waals surface area contributed by atoms with Gasteiger partial charge >= 0.3 is 0 Å². The van der Waals surface area contributed by atoms with Crippen molar-refractivity contribution in [2.24, 2.45) is 5.92 Å². The zero-order valence-electron chi connectivity index (χ0n) is 14.4. The molecule has 0 atom stereocenters. The molecule has 0 unspecified atom stereocenters. The van der Waals surface area contributed by atoms with E-state index >= 15 is 0 Å². The summed E-state index contributed by atoms with van der Waals surface area (Å²) in [6.45, 7) is 12.5. The number of nitrogens with zero attached hydrogens (tertiary/aromatic N) is 2. The number of hydrogen-bond acceptors (Lipinski definition) is 2. The molecule has 2 aromatic heterocycles. The van der Waals surface area contributed by atoms with Gasteiger partial charge in [-0.05, 0) is 49.9 Å². The predicted octanol–water partition coefficient (Wildman–Crippen LogP) is 5.26. The van der Waals surface area contributed by atoms with Crippen molar-refractivity contribution in [3.05, 3.63) is 59.7 Å². The van der Waals surface area contributed by atoms with Crippen molar-refractivity contribution in [1.82, 2.24) is 9.97 Å². The summed E-state index contributed by atoms with van der Waals surface area (Å²) in [5, 5.41) is 0. The summed E-state index contributed by atoms with van der Waals surface area (Å²) in [5.41, 5.74) is 3.47. The van der Waals surface area contributed by atoms with E-state index in [1.165, 1.54) is 11.4 Å². The Morgan fingerprint density at radius 2 is 1.62 bits per heavy atom. The van der Waals surface area contributed by atoms with Crippen molar-refractivity contribution in [1.29, 1.82) is 0 Å². The number of rotatable bonds is 3. The molecule has 0 saturated heterocycles. The lowest BCUT2D eigenvalue weighted by atomic mass is 10.1. The van der Waals surface area contributed by atoms with Gasteiger partial charge in [-0.3, -0.25) is 9.97 Å². The average Bonchev–Trinajstić information content (AvgIpc) is 2.50. The molecule has 0 saturated carbocycles. The monoisotopic (exact) mass is 286 g/mol. The van der Waals surface area contributed by atoms with Crippen molar-refractivity contribution in [3.63, 3.8) is 0 Å². The van der Waals surface area contributed by atoms with Crippen molar-refractivity contribution in [2.45, 2.75) is 54.4 Å². The van der Waals surface area contributed by atoms with Crippen LogP contribution in [0, 0.1) is 12.8 Å². The Hall–Kier alpha value is -1.70. The largest absolute Gasteiger partial charge is 0.261 e. The summed E-state index contributed by atoms with van der Waals surface area (Å²) < 4.78 is 0. The summed E-state index contributed by atoms with van der Waals surface area (Å²) >= 11 is 0. The minimum atomic E-state index is 0.704. The normalized spacial score (nSPS) is 9.29. The molecule has 0 bridgehead atoms. The highest BCUT2D eigenvalue weighted by molar-refractivity contribution is 5.09. The van der Waals surface area contributed by atoms with Gasteiger partial charge in [-0.25, -0.2) is 0 Å². The molecule has 0 amide bonds. The molecule has 0 aliphatic carbocycles. The lowest BCUT2D eigenvalue weighted by molar-refractivity contribution is 0.635. The van der Waals surface area contributed by atoms with Gasteiger partial charge in [-0.1, -0.05) is 46.8 Å². The summed E-state index contributed by atoms with van der Waals surface area (Å²) in [7, 11) is 0. The van der Waals surface area contributed by atoms with Gasteiger partial charge < -0.3 is 0 Å². The summed E-state index contributed by atoms with van der Waals surface area (Å²) in [4.78, 5) is 8.51. The van der Waals surface area contributed by atoms with Gasteiger partial charge in [-0.15, -0.1) is 0 Å². The molecule has 0 aliphatic heterocycles. The van der Waals surface area contributed by atoms with Gasteiger partial charge in [-0.2, -0.15) is 0 Å². The third-order valence-corrected chi connectivity index (χ3v) is 2.65. The number of pyridine rings is 2. The second kappa shape index (κ2) is 12.1. The first kappa shape index (κ1) is 19.3. The maximum Gasteiger partial charge on any atom is 0.0406 e. The minimum absolute atomic E-state index is 0.704. The third-order valence-electron chi connectivity index (χ3n) is 2.65. The Morgan fingerprint density at radius 3 is 2.05 bits per heavy atom. The minimum Gasteiger partial charge on any atom is -0.261 e. The van der Waals surface area contributed by atoms with Crippen LogP contribution < -0.4 is 0 Å². The van der Waals surface area contributed by atoms with Crippen LogP contribution in [0.15, 0.2) is 42.6 Å². The van der Waals surface area contributed by atoms with Crippen LogP contribution in [-0.2, 0) is 12.8 Å². The second-order valence-electron chi connectivity index (χ2n) is 5.04. The molecule has 116 valence electrons. The summed E-state index contributed by atoms with van der Waals surface area (Å²) in [6, 6.07) is 12.2. The standard InChI is InChI=1S/C9H13N.C8H11N.C2H6/c1-8(2)7-9-5-3-4-6-10-9;1-3-8-6-4-5-7(2)9-8;1-2/h3-6,8H,7H2,1-2H3;4-6H,3H2,1-2H3;1-2H3. The Bertz CT molecular complexity index is 464. The van der Waals surface area contributed by atoms with E-state index in [2.05, 4.69) is 36.8 Å². The Labute approximate surface area is 130 Å². The highest BCUT2D eigenvalue weighted by atomic mass is 14.7. The molecule has 2 aromatic rings. The first-order valence-electron chi connectivity index (χ1n) is 7.94. The predicted molar refractivity (Wildman–Crippen MR) is 92.5 cm³/mol. The third kappa shape index (κ3) is 9.78. The van der Waals surface area contributed by atoms with Crippen molar-refractivity contribution in [2.75, 3.05) is 0 Å². The van der Waals surface area contributed by atoms with Crippen LogP contribution >= 0.6 is 0 Å². The maximum atomic E-state index is 4.29. The van der Waals surface area contributed by atoms with Crippen LogP contribution in [-0.4, -0.2) is 9.97 Å². The van der Waals surface area contributed by atoms with E-state index in [4.69, 9.17) is 0 Å². The Kier molecular flexibility index (Phi) is 11.1. The van der Waals surface area contributed by atoms with Gasteiger partial charge in [0, 0.05) is 23.3 Å². The number of hydrogen-bond donors (Lipinski definition) is 0. The van der Waals surface area contributed by atoms with Crippen molar-refractivity contribution >= 4 is 0 Å². The van der Waals surface area contributed by atoms with E-state index in [1.54, 1.807) is 0 Å². The molecule has 0 spiro atoms. The van der Waals surface area contributed by atoms with Crippen LogP contribution in [0.25, 0.3) is 0 Å². The molecule has 0 aromatic carbocycles. The van der Waals surface area contributed by atoms with E-state index in [9.17, 15) is 0 Å². The molecule has 0 radical (unpaired) electrons. The molecule has 2 rings (SSSR count). The zero-order valence-corrected chi connectivity index (χ0v) is 14.4. The Morgan fingerprint density at radius 1 is 0.952 bits per heavy atom. The van der Waals surface area contributed by atoms with E-state index < -0.39 is 0 Å². The fraction of sp³-hybridized carbons (Fsp3) is 0.474. The van der Waals surface area contributed by atoms with Crippen LogP contribution in [0.3, 0.4) is 0 Å². The lowest BCUT2D eigenvalue weighted by Crippen LogP contribution is -1.95. The van der Waals surface area contributed by atoms with E-state index in [0.717, 1.165) is 18.5 Å². The topological polar surface area (TPSA) is 25.8 Å². The molecular weight excluding hydrogens is 256 g/mol. The van der Waals surface area contributed by atoms with E-state index in [-0.39, 0.29) is 0 Å². The Balaban J connectivity index is 0.000000342. The van der Waals surface area contributed by atoms with Crippen LogP contribution in [0.2, 0.25) is 0 Å². The SMILES string of the molecule is CC.CC(C)Cc1ccccn1.CCc1cccc(C)n1. The van der Waals surface area contributed by atoms with Crippen LogP contribution in [0.4, 0.5) is 0 Å². The molecule has 2 heteroatoms. The molecular formula is C19H30N2. The molecule has 21 heavy (non-hydrogen) atoms. The van der Waals surface area contributed by atoms with Crippen LogP contribution in [0.1, 0.15) is 51.7 Å². The fourth-order valence-corrected chi connectivity index (χ4v) is 1.73. The molecule has 2 nitrogen and oxygen atoms in total. The van der Waals surface area contributed by atoms with E-state index in [1.807, 2.05) is 57.3 Å².